The summed E-state index contributed by atoms with van der Waals surface area (Å²) in [6, 6.07) is 4.81. The Balaban J connectivity index is 2.17. The molecule has 0 atom stereocenters. The predicted octanol–water partition coefficient (Wildman–Crippen LogP) is 3.80. The molecule has 3 rings (SSSR count). The predicted molar refractivity (Wildman–Crippen MR) is 83.6 cm³/mol. The summed E-state index contributed by atoms with van der Waals surface area (Å²) in [5, 5.41) is 9.00. The van der Waals surface area contributed by atoms with Crippen LogP contribution in [0, 0.1) is 0 Å². The molecule has 0 aliphatic carbocycles. The fourth-order valence-corrected chi connectivity index (χ4v) is 3.36. The Morgan fingerprint density at radius 1 is 1.24 bits per heavy atom. The molecule has 1 N–H and O–H groups in total. The lowest BCUT2D eigenvalue weighted by atomic mass is 10.1. The van der Waals surface area contributed by atoms with E-state index < -0.39 is 22.7 Å². The third-order valence-electron chi connectivity index (χ3n) is 3.46. The topological polar surface area (TPSA) is 73.1 Å². The monoisotopic (exact) mass is 372 g/mol. The van der Waals surface area contributed by atoms with Crippen molar-refractivity contribution in [1.29, 1.82) is 0 Å². The van der Waals surface area contributed by atoms with Gasteiger partial charge in [0.05, 0.1) is 19.9 Å². The molecule has 0 aliphatic heterocycles. The molecule has 0 saturated carbocycles. The zero-order valence-electron chi connectivity index (χ0n) is 12.9. The highest BCUT2D eigenvalue weighted by Gasteiger charge is 2.40. The number of thiazole rings is 1. The van der Waals surface area contributed by atoms with Crippen LogP contribution in [-0.2, 0) is 6.18 Å². The zero-order valence-corrected chi connectivity index (χ0v) is 13.7. The zero-order chi connectivity index (χ0) is 18.4. The number of fused-ring (bicyclic) bond motifs is 1. The maximum absolute atomic E-state index is 13.3. The molecule has 0 fully saturated rings. The number of aromatic carboxylic acids is 1. The van der Waals surface area contributed by atoms with Crippen LogP contribution in [0.15, 0.2) is 24.4 Å². The van der Waals surface area contributed by atoms with Gasteiger partial charge in [0.15, 0.2) is 22.2 Å². The number of alkyl halides is 3. The van der Waals surface area contributed by atoms with Gasteiger partial charge in [0.1, 0.15) is 4.88 Å². The molecule has 0 amide bonds. The lowest BCUT2D eigenvalue weighted by Crippen LogP contribution is -2.13. The van der Waals surface area contributed by atoms with E-state index in [1.54, 1.807) is 18.2 Å². The summed E-state index contributed by atoms with van der Waals surface area (Å²) in [4.78, 5) is 14.3. The van der Waals surface area contributed by atoms with Crippen molar-refractivity contribution in [1.82, 2.24) is 9.38 Å². The van der Waals surface area contributed by atoms with Crippen molar-refractivity contribution in [2.24, 2.45) is 0 Å². The molecule has 2 aromatic heterocycles. The minimum Gasteiger partial charge on any atom is -0.493 e. The summed E-state index contributed by atoms with van der Waals surface area (Å²) < 4.78 is 50.8. The van der Waals surface area contributed by atoms with E-state index in [0.29, 0.717) is 28.4 Å². The van der Waals surface area contributed by atoms with Gasteiger partial charge in [-0.25, -0.2) is 9.78 Å². The first-order valence-electron chi connectivity index (χ1n) is 6.81. The highest BCUT2D eigenvalue weighted by molar-refractivity contribution is 7.19. The lowest BCUT2D eigenvalue weighted by molar-refractivity contribution is -0.142. The van der Waals surface area contributed by atoms with Crippen LogP contribution < -0.4 is 9.47 Å². The Morgan fingerprint density at radius 2 is 1.92 bits per heavy atom. The quantitative estimate of drug-likeness (QED) is 0.754. The van der Waals surface area contributed by atoms with Crippen LogP contribution in [0.1, 0.15) is 15.4 Å². The molecule has 2 heterocycles. The Labute approximate surface area is 143 Å². The van der Waals surface area contributed by atoms with Crippen LogP contribution in [0.4, 0.5) is 13.2 Å². The summed E-state index contributed by atoms with van der Waals surface area (Å²) in [5.41, 5.74) is -0.479. The van der Waals surface area contributed by atoms with Crippen LogP contribution in [0.3, 0.4) is 0 Å². The van der Waals surface area contributed by atoms with Crippen molar-refractivity contribution in [3.8, 4) is 22.8 Å². The van der Waals surface area contributed by atoms with Gasteiger partial charge in [0.2, 0.25) is 0 Å². The molecule has 0 saturated heterocycles. The number of methoxy groups -OCH3 is 2. The largest absolute Gasteiger partial charge is 0.493 e. The van der Waals surface area contributed by atoms with E-state index in [1.165, 1.54) is 14.2 Å². The minimum absolute atomic E-state index is 0.0606. The Hall–Kier alpha value is -2.75. The van der Waals surface area contributed by atoms with Crippen molar-refractivity contribution >= 4 is 22.3 Å². The molecular formula is C15H11F3N2O4S. The van der Waals surface area contributed by atoms with Crippen molar-refractivity contribution in [3.63, 3.8) is 0 Å². The fraction of sp³-hybridized carbons (Fsp3) is 0.200. The highest BCUT2D eigenvalue weighted by atomic mass is 32.1. The maximum atomic E-state index is 13.3. The Kier molecular flexibility index (Phi) is 4.07. The number of aromatic nitrogens is 2. The van der Waals surface area contributed by atoms with Gasteiger partial charge < -0.3 is 14.6 Å². The molecule has 3 aromatic rings. The molecule has 0 unspecified atom stereocenters. The second-order valence-corrected chi connectivity index (χ2v) is 5.91. The summed E-state index contributed by atoms with van der Waals surface area (Å²) in [7, 11) is 2.90. The van der Waals surface area contributed by atoms with Gasteiger partial charge in [-0.1, -0.05) is 11.3 Å². The highest BCUT2D eigenvalue weighted by Crippen LogP contribution is 2.39. The van der Waals surface area contributed by atoms with Gasteiger partial charge in [-0.15, -0.1) is 0 Å². The van der Waals surface area contributed by atoms with Gasteiger partial charge in [-0.2, -0.15) is 13.2 Å². The second-order valence-electron chi connectivity index (χ2n) is 4.93. The number of imidazole rings is 1. The summed E-state index contributed by atoms with van der Waals surface area (Å²) >= 11 is 0.468. The van der Waals surface area contributed by atoms with Crippen molar-refractivity contribution in [3.05, 3.63) is 35.0 Å². The van der Waals surface area contributed by atoms with Crippen molar-refractivity contribution in [2.45, 2.75) is 6.18 Å². The normalized spacial score (nSPS) is 11.7. The molecule has 132 valence electrons. The lowest BCUT2D eigenvalue weighted by Gasteiger charge is -2.08. The van der Waals surface area contributed by atoms with E-state index in [2.05, 4.69) is 4.98 Å². The van der Waals surface area contributed by atoms with E-state index in [1.807, 2.05) is 0 Å². The van der Waals surface area contributed by atoms with Gasteiger partial charge in [-0.05, 0) is 18.2 Å². The SMILES string of the molecule is COc1ccc(-c2cn3c(C(F)(F)F)c(C(=O)O)sc3n2)cc1OC. The summed E-state index contributed by atoms with van der Waals surface area (Å²) in [6.07, 6.45) is -3.66. The molecule has 0 bridgehead atoms. The molecule has 0 spiro atoms. The van der Waals surface area contributed by atoms with Crippen LogP contribution in [0.5, 0.6) is 11.5 Å². The molecular weight excluding hydrogens is 361 g/mol. The van der Waals surface area contributed by atoms with Gasteiger partial charge in [0.25, 0.3) is 0 Å². The van der Waals surface area contributed by atoms with Crippen LogP contribution in [-0.4, -0.2) is 34.7 Å². The van der Waals surface area contributed by atoms with E-state index >= 15 is 0 Å². The third-order valence-corrected chi connectivity index (χ3v) is 4.51. The van der Waals surface area contributed by atoms with Gasteiger partial charge >= 0.3 is 12.1 Å². The third kappa shape index (κ3) is 2.88. The first-order chi connectivity index (χ1) is 11.8. The van der Waals surface area contributed by atoms with E-state index in [4.69, 9.17) is 14.6 Å². The van der Waals surface area contributed by atoms with Gasteiger partial charge in [-0.3, -0.25) is 4.40 Å². The second kappa shape index (κ2) is 5.96. The molecule has 25 heavy (non-hydrogen) atoms. The number of carboxylic acids is 1. The average Bonchev–Trinajstić information content (AvgIpc) is 3.10. The van der Waals surface area contributed by atoms with Crippen LogP contribution >= 0.6 is 11.3 Å². The number of carboxylic acid groups (broad SMARTS) is 1. The smallest absolute Gasteiger partial charge is 0.433 e. The number of nitrogens with zero attached hydrogens (tertiary/aromatic N) is 2. The number of ether oxygens (including phenoxy) is 2. The molecule has 0 radical (unpaired) electrons. The van der Waals surface area contributed by atoms with E-state index in [9.17, 15) is 18.0 Å². The van der Waals surface area contributed by atoms with E-state index in [-0.39, 0.29) is 10.7 Å². The molecule has 0 aliphatic rings. The number of benzene rings is 1. The Bertz CT molecular complexity index is 962. The van der Waals surface area contributed by atoms with Gasteiger partial charge in [0, 0.05) is 11.8 Å². The first-order valence-corrected chi connectivity index (χ1v) is 7.62. The summed E-state index contributed by atoms with van der Waals surface area (Å²) in [5.74, 6) is -0.773. The maximum Gasteiger partial charge on any atom is 0.433 e. The fourth-order valence-electron chi connectivity index (χ4n) is 2.39. The average molecular weight is 372 g/mol. The number of hydrogen-bond acceptors (Lipinski definition) is 5. The van der Waals surface area contributed by atoms with Crippen LogP contribution in [0.25, 0.3) is 16.2 Å². The Morgan fingerprint density at radius 3 is 2.48 bits per heavy atom. The van der Waals surface area contributed by atoms with E-state index in [0.717, 1.165) is 10.6 Å². The number of hydrogen-bond donors (Lipinski definition) is 1. The minimum atomic E-state index is -4.82. The standard InChI is InChI=1S/C15H11F3N2O4S/c1-23-9-4-3-7(5-10(9)24-2)8-6-20-12(15(16,17)18)11(13(21)22)25-14(20)19-8/h3-6H,1-2H3,(H,21,22). The number of rotatable bonds is 4. The van der Waals surface area contributed by atoms with Crippen molar-refractivity contribution in [2.75, 3.05) is 14.2 Å². The molecule has 10 heteroatoms. The number of carbonyl (C=O) groups is 1. The molecule has 6 nitrogen and oxygen atoms in total. The molecule has 1 aromatic carbocycles. The van der Waals surface area contributed by atoms with Crippen molar-refractivity contribution < 1.29 is 32.5 Å². The first kappa shape index (κ1) is 17.1. The number of halogens is 3. The summed E-state index contributed by atoms with van der Waals surface area (Å²) in [6.45, 7) is 0. The van der Waals surface area contributed by atoms with Crippen LogP contribution in [0.2, 0.25) is 0 Å².